The van der Waals surface area contributed by atoms with Crippen molar-refractivity contribution in [3.8, 4) is 0 Å². The van der Waals surface area contributed by atoms with Crippen LogP contribution in [-0.4, -0.2) is 19.1 Å². The van der Waals surface area contributed by atoms with Crippen molar-refractivity contribution in [1.29, 1.82) is 0 Å². The van der Waals surface area contributed by atoms with Gasteiger partial charge in [0.15, 0.2) is 0 Å². The predicted molar refractivity (Wildman–Crippen MR) is 76.2 cm³/mol. The number of halogens is 1. The topological polar surface area (TPSA) is 24.1 Å². The molecule has 0 amide bonds. The van der Waals surface area contributed by atoms with Crippen LogP contribution in [0.25, 0.3) is 0 Å². The lowest BCUT2D eigenvalue weighted by molar-refractivity contribution is 0.371. The van der Waals surface area contributed by atoms with E-state index in [1.807, 2.05) is 0 Å². The lowest BCUT2D eigenvalue weighted by atomic mass is 10.0. The average molecular weight is 297 g/mol. The van der Waals surface area contributed by atoms with Crippen molar-refractivity contribution in [2.75, 3.05) is 13.1 Å². The summed E-state index contributed by atoms with van der Waals surface area (Å²) in [5, 5.41) is 7.18. The Hall–Kier alpha value is -0.380. The average Bonchev–Trinajstić information content (AvgIpc) is 2.37. The quantitative estimate of drug-likeness (QED) is 0.891. The van der Waals surface area contributed by atoms with Gasteiger partial charge in [-0.2, -0.15) is 0 Å². The number of piperidine rings is 1. The number of rotatable bonds is 4. The van der Waals surface area contributed by atoms with Crippen LogP contribution >= 0.6 is 15.9 Å². The summed E-state index contributed by atoms with van der Waals surface area (Å²) in [7, 11) is 0. The summed E-state index contributed by atoms with van der Waals surface area (Å²) in [4.78, 5) is 0. The van der Waals surface area contributed by atoms with E-state index in [4.69, 9.17) is 0 Å². The Morgan fingerprint density at radius 2 is 2.35 bits per heavy atom. The van der Waals surface area contributed by atoms with E-state index < -0.39 is 0 Å². The minimum atomic E-state index is 0.413. The standard InChI is InChI=1S/C14H21BrN2/c1-11(12-5-4-6-13(15)9-12)17-10-14-7-2-3-8-16-14/h4-6,9,11,14,16-17H,2-3,7-8,10H2,1H3. The molecule has 0 saturated carbocycles. The monoisotopic (exact) mass is 296 g/mol. The molecule has 2 unspecified atom stereocenters. The van der Waals surface area contributed by atoms with Crippen LogP contribution in [0.1, 0.15) is 37.8 Å². The number of benzene rings is 1. The van der Waals surface area contributed by atoms with E-state index in [-0.39, 0.29) is 0 Å². The third-order valence-electron chi connectivity index (χ3n) is 3.43. The highest BCUT2D eigenvalue weighted by Crippen LogP contribution is 2.18. The van der Waals surface area contributed by atoms with Crippen molar-refractivity contribution in [2.24, 2.45) is 0 Å². The highest BCUT2D eigenvalue weighted by atomic mass is 79.9. The fourth-order valence-corrected chi connectivity index (χ4v) is 2.73. The van der Waals surface area contributed by atoms with Crippen molar-refractivity contribution in [3.05, 3.63) is 34.3 Å². The summed E-state index contributed by atoms with van der Waals surface area (Å²) < 4.78 is 1.15. The van der Waals surface area contributed by atoms with Crippen LogP contribution in [0.3, 0.4) is 0 Å². The van der Waals surface area contributed by atoms with Crippen molar-refractivity contribution < 1.29 is 0 Å². The minimum Gasteiger partial charge on any atom is -0.313 e. The molecule has 0 radical (unpaired) electrons. The molecule has 0 aromatic heterocycles. The van der Waals surface area contributed by atoms with Crippen molar-refractivity contribution >= 4 is 15.9 Å². The molecule has 3 heteroatoms. The first-order valence-corrected chi connectivity index (χ1v) is 7.27. The van der Waals surface area contributed by atoms with E-state index in [1.165, 1.54) is 31.4 Å². The third kappa shape index (κ3) is 4.09. The predicted octanol–water partition coefficient (Wildman–Crippen LogP) is 3.24. The van der Waals surface area contributed by atoms with E-state index in [1.54, 1.807) is 0 Å². The van der Waals surface area contributed by atoms with Gasteiger partial charge in [0.05, 0.1) is 0 Å². The molecule has 2 rings (SSSR count). The number of hydrogen-bond acceptors (Lipinski definition) is 2. The van der Waals surface area contributed by atoms with Gasteiger partial charge in [-0.3, -0.25) is 0 Å². The third-order valence-corrected chi connectivity index (χ3v) is 3.92. The van der Waals surface area contributed by atoms with Gasteiger partial charge in [-0.1, -0.05) is 34.5 Å². The molecule has 1 aromatic rings. The summed E-state index contributed by atoms with van der Waals surface area (Å²) in [6, 6.07) is 9.59. The Bertz CT molecular complexity index is 348. The lowest BCUT2D eigenvalue weighted by Crippen LogP contribution is -2.42. The first-order chi connectivity index (χ1) is 8.25. The molecule has 1 heterocycles. The molecule has 1 aliphatic rings. The van der Waals surface area contributed by atoms with Gasteiger partial charge in [-0.15, -0.1) is 0 Å². The Morgan fingerprint density at radius 1 is 1.47 bits per heavy atom. The van der Waals surface area contributed by atoms with Crippen LogP contribution < -0.4 is 10.6 Å². The maximum absolute atomic E-state index is 3.61. The molecule has 94 valence electrons. The van der Waals surface area contributed by atoms with E-state index in [0.29, 0.717) is 12.1 Å². The Kier molecular flexibility index (Phi) is 5.01. The zero-order chi connectivity index (χ0) is 12.1. The van der Waals surface area contributed by atoms with E-state index >= 15 is 0 Å². The van der Waals surface area contributed by atoms with E-state index in [9.17, 15) is 0 Å². The summed E-state index contributed by atoms with van der Waals surface area (Å²) in [5.41, 5.74) is 1.34. The first kappa shape index (κ1) is 13.1. The smallest absolute Gasteiger partial charge is 0.0292 e. The summed E-state index contributed by atoms with van der Waals surface area (Å²) in [6.45, 7) is 4.47. The Morgan fingerprint density at radius 3 is 3.06 bits per heavy atom. The number of hydrogen-bond donors (Lipinski definition) is 2. The van der Waals surface area contributed by atoms with Gasteiger partial charge < -0.3 is 10.6 Å². The van der Waals surface area contributed by atoms with Crippen LogP contribution in [0.15, 0.2) is 28.7 Å². The maximum Gasteiger partial charge on any atom is 0.0292 e. The molecule has 1 aliphatic heterocycles. The number of nitrogens with one attached hydrogen (secondary N) is 2. The highest BCUT2D eigenvalue weighted by Gasteiger charge is 2.13. The van der Waals surface area contributed by atoms with Crippen molar-refractivity contribution in [2.45, 2.75) is 38.3 Å². The lowest BCUT2D eigenvalue weighted by Gasteiger charge is -2.25. The Labute approximate surface area is 112 Å². The van der Waals surface area contributed by atoms with Crippen molar-refractivity contribution in [3.63, 3.8) is 0 Å². The molecule has 0 aliphatic carbocycles. The first-order valence-electron chi connectivity index (χ1n) is 6.48. The zero-order valence-electron chi connectivity index (χ0n) is 10.4. The van der Waals surface area contributed by atoms with Gasteiger partial charge >= 0.3 is 0 Å². The van der Waals surface area contributed by atoms with Crippen LogP contribution in [0, 0.1) is 0 Å². The molecule has 2 atom stereocenters. The van der Waals surface area contributed by atoms with Crippen LogP contribution in [0.5, 0.6) is 0 Å². The molecule has 1 fully saturated rings. The molecule has 2 N–H and O–H groups in total. The molecule has 1 aromatic carbocycles. The molecule has 1 saturated heterocycles. The SMILES string of the molecule is CC(NCC1CCCCN1)c1cccc(Br)c1. The molecule has 2 nitrogen and oxygen atoms in total. The van der Waals surface area contributed by atoms with Crippen LogP contribution in [-0.2, 0) is 0 Å². The summed E-state index contributed by atoms with van der Waals surface area (Å²) in [5.74, 6) is 0. The second-order valence-corrected chi connectivity index (χ2v) is 5.75. The zero-order valence-corrected chi connectivity index (χ0v) is 12.0. The summed E-state index contributed by atoms with van der Waals surface area (Å²) in [6.07, 6.45) is 4.00. The van der Waals surface area contributed by atoms with Crippen LogP contribution in [0.4, 0.5) is 0 Å². The van der Waals surface area contributed by atoms with Gasteiger partial charge in [0.1, 0.15) is 0 Å². The van der Waals surface area contributed by atoms with Gasteiger partial charge in [0, 0.05) is 23.1 Å². The second kappa shape index (κ2) is 6.53. The van der Waals surface area contributed by atoms with E-state index in [2.05, 4.69) is 57.8 Å². The van der Waals surface area contributed by atoms with E-state index in [0.717, 1.165) is 11.0 Å². The normalized spacial score (nSPS) is 22.4. The molecular formula is C14H21BrN2. The molecule has 0 bridgehead atoms. The van der Waals surface area contributed by atoms with Gasteiger partial charge in [0.25, 0.3) is 0 Å². The van der Waals surface area contributed by atoms with Gasteiger partial charge in [-0.05, 0) is 44.0 Å². The molecule has 17 heavy (non-hydrogen) atoms. The molecule has 0 spiro atoms. The van der Waals surface area contributed by atoms with Crippen molar-refractivity contribution in [1.82, 2.24) is 10.6 Å². The fraction of sp³-hybridized carbons (Fsp3) is 0.571. The largest absolute Gasteiger partial charge is 0.313 e. The highest BCUT2D eigenvalue weighted by molar-refractivity contribution is 9.10. The second-order valence-electron chi connectivity index (χ2n) is 4.83. The maximum atomic E-state index is 3.61. The summed E-state index contributed by atoms with van der Waals surface area (Å²) >= 11 is 3.52. The van der Waals surface area contributed by atoms with Gasteiger partial charge in [-0.25, -0.2) is 0 Å². The van der Waals surface area contributed by atoms with Gasteiger partial charge in [0.2, 0.25) is 0 Å². The Balaban J connectivity index is 1.82. The molecular weight excluding hydrogens is 276 g/mol. The fourth-order valence-electron chi connectivity index (χ4n) is 2.31. The van der Waals surface area contributed by atoms with Crippen LogP contribution in [0.2, 0.25) is 0 Å². The minimum absolute atomic E-state index is 0.413.